The van der Waals surface area contributed by atoms with Crippen molar-refractivity contribution in [3.05, 3.63) is 118 Å². The number of hydrogen-bond donors (Lipinski definition) is 1. The number of hydrogen-bond acceptors (Lipinski definition) is 9. The fraction of sp³-hybridized carbons (Fsp3) is 0.161. The Bertz CT molecular complexity index is 1740. The minimum atomic E-state index is -4.14. The third kappa shape index (κ3) is 7.89. The van der Waals surface area contributed by atoms with Crippen LogP contribution in [0.2, 0.25) is 0 Å². The van der Waals surface area contributed by atoms with Gasteiger partial charge in [-0.05, 0) is 78.7 Å². The van der Waals surface area contributed by atoms with E-state index in [0.717, 1.165) is 15.4 Å². The second-order valence-electron chi connectivity index (χ2n) is 9.44. The summed E-state index contributed by atoms with van der Waals surface area (Å²) in [5, 5.41) is 14.8. The number of hydrazone groups is 1. The van der Waals surface area contributed by atoms with Gasteiger partial charge in [0.1, 0.15) is 18.9 Å². The van der Waals surface area contributed by atoms with Gasteiger partial charge in [0.25, 0.3) is 21.6 Å². The number of nitro benzene ring substituents is 1. The number of carbonyl (C=O) groups excluding carboxylic acids is 1. The first-order valence-corrected chi connectivity index (χ1v) is 14.6. The zero-order valence-corrected chi connectivity index (χ0v) is 25.0. The van der Waals surface area contributed by atoms with Crippen molar-refractivity contribution in [1.29, 1.82) is 0 Å². The van der Waals surface area contributed by atoms with Crippen molar-refractivity contribution in [3.8, 4) is 17.2 Å². The Hall–Kier alpha value is -5.43. The lowest BCUT2D eigenvalue weighted by molar-refractivity contribution is -0.384. The number of anilines is 1. The highest BCUT2D eigenvalue weighted by Gasteiger charge is 2.28. The van der Waals surface area contributed by atoms with Crippen LogP contribution in [0.15, 0.2) is 101 Å². The van der Waals surface area contributed by atoms with E-state index in [2.05, 4.69) is 10.5 Å². The average molecular weight is 619 g/mol. The highest BCUT2D eigenvalue weighted by molar-refractivity contribution is 7.92. The summed E-state index contributed by atoms with van der Waals surface area (Å²) in [4.78, 5) is 23.3. The molecule has 1 N–H and O–H groups in total. The summed E-state index contributed by atoms with van der Waals surface area (Å²) in [5.41, 5.74) is 4.89. The van der Waals surface area contributed by atoms with Crippen LogP contribution < -0.4 is 23.9 Å². The van der Waals surface area contributed by atoms with Crippen LogP contribution in [0.4, 0.5) is 11.4 Å². The third-order valence-corrected chi connectivity index (χ3v) is 8.18. The van der Waals surface area contributed by atoms with Crippen molar-refractivity contribution in [3.63, 3.8) is 0 Å². The molecule has 0 fully saturated rings. The molecule has 0 radical (unpaired) electrons. The van der Waals surface area contributed by atoms with Gasteiger partial charge < -0.3 is 14.2 Å². The average Bonchev–Trinajstić information content (AvgIpc) is 3.03. The number of carbonyl (C=O) groups is 1. The summed E-state index contributed by atoms with van der Waals surface area (Å²) < 4.78 is 44.6. The van der Waals surface area contributed by atoms with Gasteiger partial charge in [0, 0.05) is 18.2 Å². The molecule has 0 aromatic heterocycles. The van der Waals surface area contributed by atoms with Gasteiger partial charge in [0.05, 0.1) is 35.9 Å². The predicted molar refractivity (Wildman–Crippen MR) is 165 cm³/mol. The number of ether oxygens (including phenoxy) is 3. The van der Waals surface area contributed by atoms with Crippen LogP contribution in [-0.2, 0) is 21.4 Å². The molecule has 0 unspecified atom stereocenters. The summed E-state index contributed by atoms with van der Waals surface area (Å²) in [6, 6.07) is 23.8. The second kappa shape index (κ2) is 14.2. The molecule has 0 aliphatic rings. The molecule has 4 aromatic carbocycles. The van der Waals surface area contributed by atoms with Crippen LogP contribution in [0.1, 0.15) is 16.7 Å². The molecular formula is C31H30N4O8S. The lowest BCUT2D eigenvalue weighted by Gasteiger charge is -2.24. The maximum absolute atomic E-state index is 13.6. The molecule has 0 saturated carbocycles. The number of rotatable bonds is 13. The number of nitrogens with zero attached hydrogens (tertiary/aromatic N) is 3. The van der Waals surface area contributed by atoms with Crippen LogP contribution in [0.5, 0.6) is 17.2 Å². The van der Waals surface area contributed by atoms with Crippen LogP contribution >= 0.6 is 0 Å². The largest absolute Gasteiger partial charge is 0.493 e. The Balaban J connectivity index is 1.43. The van der Waals surface area contributed by atoms with Crippen LogP contribution in [-0.4, -0.2) is 46.2 Å². The van der Waals surface area contributed by atoms with Gasteiger partial charge in [-0.2, -0.15) is 5.10 Å². The Morgan fingerprint density at radius 2 is 1.59 bits per heavy atom. The SMILES string of the molecule is COc1ccc(N(CC(=O)N/N=C/c2ccc(OCc3ccc([N+](=O)[O-])cc3)cc2)S(=O)(=O)c2ccc(C)cc2)cc1OC. The van der Waals surface area contributed by atoms with E-state index >= 15 is 0 Å². The molecule has 0 atom stereocenters. The maximum Gasteiger partial charge on any atom is 0.269 e. The van der Waals surface area contributed by atoms with E-state index in [0.29, 0.717) is 22.8 Å². The van der Waals surface area contributed by atoms with Gasteiger partial charge in [-0.15, -0.1) is 0 Å². The normalized spacial score (nSPS) is 11.2. The van der Waals surface area contributed by atoms with Crippen LogP contribution in [0.25, 0.3) is 0 Å². The number of nitro groups is 1. The molecule has 0 heterocycles. The molecule has 12 nitrogen and oxygen atoms in total. The van der Waals surface area contributed by atoms with E-state index in [1.165, 1.54) is 56.8 Å². The molecule has 4 rings (SSSR count). The fourth-order valence-electron chi connectivity index (χ4n) is 4.01. The highest BCUT2D eigenvalue weighted by Crippen LogP contribution is 2.33. The monoisotopic (exact) mass is 618 g/mol. The van der Waals surface area contributed by atoms with Gasteiger partial charge in [-0.25, -0.2) is 13.8 Å². The molecule has 0 bridgehead atoms. The second-order valence-corrected chi connectivity index (χ2v) is 11.3. The Kier molecular flexibility index (Phi) is 10.1. The zero-order valence-electron chi connectivity index (χ0n) is 24.2. The van der Waals surface area contributed by atoms with Crippen LogP contribution in [0, 0.1) is 17.0 Å². The predicted octanol–water partition coefficient (Wildman–Crippen LogP) is 4.85. The molecule has 44 heavy (non-hydrogen) atoms. The van der Waals surface area contributed by atoms with Crippen molar-refractivity contribution in [2.45, 2.75) is 18.4 Å². The molecule has 0 spiro atoms. The first-order valence-electron chi connectivity index (χ1n) is 13.2. The lowest BCUT2D eigenvalue weighted by atomic mass is 10.2. The number of amides is 1. The Labute approximate surface area is 254 Å². The number of methoxy groups -OCH3 is 2. The van der Waals surface area contributed by atoms with Crippen molar-refractivity contribution in [1.82, 2.24) is 5.43 Å². The minimum absolute atomic E-state index is 0.00560. The quantitative estimate of drug-likeness (QED) is 0.127. The van der Waals surface area contributed by atoms with Gasteiger partial charge in [0.2, 0.25) is 0 Å². The van der Waals surface area contributed by atoms with E-state index in [-0.39, 0.29) is 22.9 Å². The first kappa shape index (κ1) is 31.5. The number of benzene rings is 4. The molecule has 0 aliphatic carbocycles. The van der Waals surface area contributed by atoms with E-state index in [4.69, 9.17) is 14.2 Å². The highest BCUT2D eigenvalue weighted by atomic mass is 32.2. The summed E-state index contributed by atoms with van der Waals surface area (Å²) in [5.74, 6) is 0.597. The molecule has 13 heteroatoms. The summed E-state index contributed by atoms with van der Waals surface area (Å²) in [7, 11) is -1.25. The van der Waals surface area contributed by atoms with E-state index in [1.54, 1.807) is 54.6 Å². The molecule has 0 aliphatic heterocycles. The summed E-state index contributed by atoms with van der Waals surface area (Å²) in [6.45, 7) is 1.51. The molecule has 1 amide bonds. The van der Waals surface area contributed by atoms with Crippen molar-refractivity contribution in [2.75, 3.05) is 25.1 Å². The number of sulfonamides is 1. The number of nitrogens with one attached hydrogen (secondary N) is 1. The fourth-order valence-corrected chi connectivity index (χ4v) is 5.42. The summed E-state index contributed by atoms with van der Waals surface area (Å²) in [6.07, 6.45) is 1.41. The number of non-ortho nitro benzene ring substituents is 1. The van der Waals surface area contributed by atoms with E-state index < -0.39 is 27.4 Å². The van der Waals surface area contributed by atoms with Gasteiger partial charge in [0.15, 0.2) is 11.5 Å². The third-order valence-electron chi connectivity index (χ3n) is 6.39. The first-order chi connectivity index (χ1) is 21.1. The van der Waals surface area contributed by atoms with Crippen LogP contribution in [0.3, 0.4) is 0 Å². The summed E-state index contributed by atoms with van der Waals surface area (Å²) >= 11 is 0. The smallest absolute Gasteiger partial charge is 0.269 e. The van der Waals surface area contributed by atoms with E-state index in [9.17, 15) is 23.3 Å². The van der Waals surface area contributed by atoms with Crippen molar-refractivity contribution >= 4 is 33.5 Å². The Morgan fingerprint density at radius 3 is 2.20 bits per heavy atom. The number of aryl methyl sites for hydroxylation is 1. The van der Waals surface area contributed by atoms with Gasteiger partial charge in [-0.1, -0.05) is 17.7 Å². The molecular weight excluding hydrogens is 588 g/mol. The molecule has 0 saturated heterocycles. The van der Waals surface area contributed by atoms with E-state index in [1.807, 2.05) is 6.92 Å². The lowest BCUT2D eigenvalue weighted by Crippen LogP contribution is -2.39. The van der Waals surface area contributed by atoms with Gasteiger partial charge >= 0.3 is 0 Å². The zero-order chi connectivity index (χ0) is 31.7. The maximum atomic E-state index is 13.6. The topological polar surface area (TPSA) is 150 Å². The molecule has 228 valence electrons. The van der Waals surface area contributed by atoms with Crippen molar-refractivity contribution < 1.29 is 32.3 Å². The standard InChI is InChI=1S/C31H30N4O8S/c1-22-4-15-28(16-5-22)44(39,40)34(26-12-17-29(41-2)30(18-26)42-3)20-31(36)33-32-19-23-8-13-27(14-9-23)43-21-24-6-10-25(11-7-24)35(37)38/h4-19H,20-21H2,1-3H3,(H,33,36)/b32-19+. The van der Waals surface area contributed by atoms with Crippen molar-refractivity contribution in [2.24, 2.45) is 5.10 Å². The molecule has 4 aromatic rings. The minimum Gasteiger partial charge on any atom is -0.493 e. The Morgan fingerprint density at radius 1 is 0.932 bits per heavy atom. The van der Waals surface area contributed by atoms with Gasteiger partial charge in [-0.3, -0.25) is 19.2 Å².